The van der Waals surface area contributed by atoms with Crippen LogP contribution in [0.25, 0.3) is 0 Å². The van der Waals surface area contributed by atoms with Crippen LogP contribution >= 0.6 is 0 Å². The third-order valence-electron chi connectivity index (χ3n) is 5.09. The van der Waals surface area contributed by atoms with Crippen molar-refractivity contribution in [3.8, 4) is 0 Å². The smallest absolute Gasteiger partial charge is 0.275 e. The van der Waals surface area contributed by atoms with Gasteiger partial charge in [-0.1, -0.05) is 12.1 Å². The van der Waals surface area contributed by atoms with Crippen molar-refractivity contribution in [3.63, 3.8) is 0 Å². The van der Waals surface area contributed by atoms with Crippen molar-refractivity contribution in [2.45, 2.75) is 39.2 Å². The average molecular weight is 422 g/mol. The number of likely N-dealkylation sites (N-methyl/N-ethyl adjacent to an activating group) is 1. The lowest BCUT2D eigenvalue weighted by Crippen LogP contribution is -3.16. The van der Waals surface area contributed by atoms with Crippen molar-refractivity contribution in [2.24, 2.45) is 0 Å². The van der Waals surface area contributed by atoms with E-state index in [0.717, 1.165) is 10.5 Å². The molecule has 1 heterocycles. The zero-order valence-corrected chi connectivity index (χ0v) is 18.5. The highest BCUT2D eigenvalue weighted by Gasteiger charge is 2.27. The molecule has 30 heavy (non-hydrogen) atoms. The molecule has 0 aromatic heterocycles. The molecule has 1 aromatic carbocycles. The Balaban J connectivity index is 1.71. The van der Waals surface area contributed by atoms with E-state index in [1.165, 1.54) is 17.0 Å². The van der Waals surface area contributed by atoms with Gasteiger partial charge in [0.05, 0.1) is 32.7 Å². The van der Waals surface area contributed by atoms with Gasteiger partial charge in [0.25, 0.3) is 5.91 Å². The molecule has 1 aliphatic rings. The van der Waals surface area contributed by atoms with Gasteiger partial charge < -0.3 is 20.0 Å². The zero-order chi connectivity index (χ0) is 22.3. The summed E-state index contributed by atoms with van der Waals surface area (Å²) in [6, 6.07) is 6.08. The van der Waals surface area contributed by atoms with Gasteiger partial charge in [-0.15, -0.1) is 0 Å². The van der Waals surface area contributed by atoms with Crippen molar-refractivity contribution in [1.82, 2.24) is 15.1 Å². The van der Waals surface area contributed by atoms with Gasteiger partial charge in [0.15, 0.2) is 6.54 Å². The molecular formula is C22H34FN4O3+. The Morgan fingerprint density at radius 1 is 1.13 bits per heavy atom. The third-order valence-corrected chi connectivity index (χ3v) is 5.09. The number of hydrogen-bond donors (Lipinski definition) is 2. The molecule has 1 aromatic rings. The predicted octanol–water partition coefficient (Wildman–Crippen LogP) is -0.141. The number of quaternary nitrogens is 1. The topological polar surface area (TPSA) is 74.2 Å². The van der Waals surface area contributed by atoms with Gasteiger partial charge in [-0.05, 0) is 44.9 Å². The quantitative estimate of drug-likeness (QED) is 0.644. The van der Waals surface area contributed by atoms with Crippen LogP contribution in [0.3, 0.4) is 0 Å². The number of nitrogens with one attached hydrogen (secondary N) is 2. The number of halogens is 1. The summed E-state index contributed by atoms with van der Waals surface area (Å²) in [5.74, 6) is -0.477. The molecule has 166 valence electrons. The fourth-order valence-corrected chi connectivity index (χ4v) is 3.42. The molecule has 1 fully saturated rings. The number of benzene rings is 1. The lowest BCUT2D eigenvalue weighted by atomic mass is 10.1. The summed E-state index contributed by atoms with van der Waals surface area (Å²) in [5.41, 5.74) is 0.640. The van der Waals surface area contributed by atoms with E-state index in [4.69, 9.17) is 0 Å². The molecule has 1 saturated heterocycles. The monoisotopic (exact) mass is 421 g/mol. The van der Waals surface area contributed by atoms with E-state index in [1.807, 2.05) is 20.8 Å². The van der Waals surface area contributed by atoms with Crippen LogP contribution in [0.1, 0.15) is 32.8 Å². The molecule has 0 atom stereocenters. The van der Waals surface area contributed by atoms with Crippen molar-refractivity contribution >= 4 is 17.7 Å². The summed E-state index contributed by atoms with van der Waals surface area (Å²) in [5, 5.41) is 2.96. The van der Waals surface area contributed by atoms with E-state index < -0.39 is 0 Å². The molecular weight excluding hydrogens is 387 g/mol. The summed E-state index contributed by atoms with van der Waals surface area (Å²) >= 11 is 0. The Morgan fingerprint density at radius 3 is 2.30 bits per heavy atom. The molecule has 8 heteroatoms. The largest absolute Gasteiger partial charge is 0.347 e. The minimum Gasteiger partial charge on any atom is -0.347 e. The summed E-state index contributed by atoms with van der Waals surface area (Å²) < 4.78 is 12.9. The Kier molecular flexibility index (Phi) is 8.34. The van der Waals surface area contributed by atoms with Crippen LogP contribution in [0.4, 0.5) is 4.39 Å². The SMILES string of the molecule is CN(CC(=O)N1CC[NH+](CC(=O)NC(C)(C)C)CC1)C(=O)CCc1ccc(F)cc1. The van der Waals surface area contributed by atoms with Crippen LogP contribution in [-0.2, 0) is 20.8 Å². The minimum absolute atomic E-state index is 0.0174. The maximum absolute atomic E-state index is 12.9. The molecule has 0 spiro atoms. The Bertz CT molecular complexity index is 738. The Morgan fingerprint density at radius 2 is 1.73 bits per heavy atom. The van der Waals surface area contributed by atoms with Gasteiger partial charge in [-0.2, -0.15) is 0 Å². The lowest BCUT2D eigenvalue weighted by Gasteiger charge is -2.33. The maximum atomic E-state index is 12.9. The first-order valence-corrected chi connectivity index (χ1v) is 10.4. The van der Waals surface area contributed by atoms with Gasteiger partial charge in [-0.3, -0.25) is 14.4 Å². The Hall–Kier alpha value is -2.48. The number of aryl methyl sites for hydroxylation is 1. The molecule has 2 N–H and O–H groups in total. The summed E-state index contributed by atoms with van der Waals surface area (Å²) in [6.07, 6.45) is 0.784. The van der Waals surface area contributed by atoms with Crippen LogP contribution < -0.4 is 10.2 Å². The van der Waals surface area contributed by atoms with E-state index in [1.54, 1.807) is 24.1 Å². The molecule has 0 radical (unpaired) electrons. The second-order valence-corrected chi connectivity index (χ2v) is 8.98. The van der Waals surface area contributed by atoms with Crippen molar-refractivity contribution in [2.75, 3.05) is 46.3 Å². The molecule has 0 aliphatic carbocycles. The molecule has 1 aliphatic heterocycles. The first-order valence-electron chi connectivity index (χ1n) is 10.4. The van der Waals surface area contributed by atoms with Gasteiger partial charge in [0, 0.05) is 19.0 Å². The average Bonchev–Trinajstić information content (AvgIpc) is 2.66. The first-order chi connectivity index (χ1) is 14.0. The zero-order valence-electron chi connectivity index (χ0n) is 18.5. The number of piperazine rings is 1. The van der Waals surface area contributed by atoms with Crippen molar-refractivity contribution < 1.29 is 23.7 Å². The fourth-order valence-electron chi connectivity index (χ4n) is 3.42. The normalized spacial score (nSPS) is 15.0. The molecule has 0 bridgehead atoms. The Labute approximate surface area is 178 Å². The molecule has 0 unspecified atom stereocenters. The van der Waals surface area contributed by atoms with E-state index in [2.05, 4.69) is 5.32 Å². The van der Waals surface area contributed by atoms with Crippen LogP contribution in [0.2, 0.25) is 0 Å². The second-order valence-electron chi connectivity index (χ2n) is 8.98. The molecule has 7 nitrogen and oxygen atoms in total. The van der Waals surface area contributed by atoms with Crippen molar-refractivity contribution in [3.05, 3.63) is 35.6 Å². The minimum atomic E-state index is -0.301. The highest BCUT2D eigenvalue weighted by Crippen LogP contribution is 2.07. The second kappa shape index (κ2) is 10.5. The summed E-state index contributed by atoms with van der Waals surface area (Å²) in [7, 11) is 1.63. The third kappa shape index (κ3) is 8.10. The number of amides is 3. The van der Waals surface area contributed by atoms with Crippen LogP contribution in [0, 0.1) is 5.82 Å². The number of nitrogens with zero attached hydrogens (tertiary/aromatic N) is 2. The summed E-state index contributed by atoms with van der Waals surface area (Å²) in [6.45, 7) is 8.89. The highest BCUT2D eigenvalue weighted by atomic mass is 19.1. The molecule has 2 rings (SSSR count). The van der Waals surface area contributed by atoms with E-state index in [-0.39, 0.29) is 42.0 Å². The number of rotatable bonds is 7. The summed E-state index contributed by atoms with van der Waals surface area (Å²) in [4.78, 5) is 41.3. The highest BCUT2D eigenvalue weighted by molar-refractivity contribution is 5.84. The molecule has 0 saturated carbocycles. The van der Waals surface area contributed by atoms with Gasteiger partial charge in [0.1, 0.15) is 5.82 Å². The molecule has 3 amide bonds. The van der Waals surface area contributed by atoms with Gasteiger partial charge >= 0.3 is 0 Å². The van der Waals surface area contributed by atoms with Crippen molar-refractivity contribution in [1.29, 1.82) is 0 Å². The van der Waals surface area contributed by atoms with Crippen LogP contribution in [0.5, 0.6) is 0 Å². The van der Waals surface area contributed by atoms with E-state index >= 15 is 0 Å². The number of hydrogen-bond acceptors (Lipinski definition) is 3. The van der Waals surface area contributed by atoms with Gasteiger partial charge in [0.2, 0.25) is 11.8 Å². The number of carbonyl (C=O) groups is 3. The van der Waals surface area contributed by atoms with Gasteiger partial charge in [-0.25, -0.2) is 4.39 Å². The van der Waals surface area contributed by atoms with E-state index in [9.17, 15) is 18.8 Å². The maximum Gasteiger partial charge on any atom is 0.275 e. The predicted molar refractivity (Wildman–Crippen MR) is 112 cm³/mol. The van der Waals surface area contributed by atoms with E-state index in [0.29, 0.717) is 39.1 Å². The van der Waals surface area contributed by atoms with Crippen LogP contribution in [0.15, 0.2) is 24.3 Å². The number of carbonyl (C=O) groups excluding carboxylic acids is 3. The standard InChI is InChI=1S/C22H33FN4O3/c1-22(2,3)24-19(28)15-26-11-13-27(14-12-26)21(30)16-25(4)20(29)10-7-17-5-8-18(23)9-6-17/h5-6,8-9H,7,10-16H2,1-4H3,(H,24,28)/p+1. The fraction of sp³-hybridized carbons (Fsp3) is 0.591. The van der Waals surface area contributed by atoms with Crippen LogP contribution in [-0.4, -0.2) is 79.4 Å². The first kappa shape index (κ1) is 23.8. The lowest BCUT2D eigenvalue weighted by molar-refractivity contribution is -0.896.